The van der Waals surface area contributed by atoms with E-state index in [0.717, 1.165) is 29.0 Å². The molecule has 0 heterocycles. The molecular weight excluding hydrogens is 539 g/mol. The van der Waals surface area contributed by atoms with Gasteiger partial charge in [0.15, 0.2) is 0 Å². The molecule has 0 fully saturated rings. The van der Waals surface area contributed by atoms with Crippen LogP contribution in [0.25, 0.3) is 32.7 Å². The summed E-state index contributed by atoms with van der Waals surface area (Å²) in [5.41, 5.74) is 1.29. The summed E-state index contributed by atoms with van der Waals surface area (Å²) in [5.74, 6) is -15.8. The normalized spacial score (nSPS) is 13.8. The van der Waals surface area contributed by atoms with Crippen molar-refractivity contribution in [2.45, 2.75) is 23.3 Å². The van der Waals surface area contributed by atoms with E-state index in [-0.39, 0.29) is 5.39 Å². The van der Waals surface area contributed by atoms with E-state index in [0.29, 0.717) is 16.5 Å². The van der Waals surface area contributed by atoms with E-state index in [4.69, 9.17) is 0 Å². The van der Waals surface area contributed by atoms with Crippen molar-refractivity contribution < 1.29 is 52.1 Å². The zero-order chi connectivity index (χ0) is 27.4. The zero-order valence-electron chi connectivity index (χ0n) is 18.0. The van der Waals surface area contributed by atoms with Crippen LogP contribution in [-0.2, 0) is 10.1 Å². The van der Waals surface area contributed by atoms with Crippen molar-refractivity contribution >= 4 is 31.7 Å². The highest BCUT2D eigenvalue weighted by molar-refractivity contribution is 7.88. The van der Waals surface area contributed by atoms with Gasteiger partial charge in [0.05, 0.1) is 0 Å². The number of hydrogen-bond acceptors (Lipinski definition) is 3. The predicted octanol–water partition coefficient (Wildman–Crippen LogP) is 7.79. The molecule has 196 valence electrons. The third kappa shape index (κ3) is 4.34. The molecular formula is C24H13F9O3S. The molecule has 0 bridgehead atoms. The van der Waals surface area contributed by atoms with E-state index < -0.39 is 39.1 Å². The van der Waals surface area contributed by atoms with Gasteiger partial charge in [-0.05, 0) is 56.9 Å². The van der Waals surface area contributed by atoms with E-state index in [1.54, 1.807) is 18.2 Å². The lowest BCUT2D eigenvalue weighted by Crippen LogP contribution is -2.63. The van der Waals surface area contributed by atoms with Gasteiger partial charge in [-0.1, -0.05) is 54.6 Å². The molecule has 4 rings (SSSR count). The minimum atomic E-state index is -7.38. The van der Waals surface area contributed by atoms with E-state index in [2.05, 4.69) is 4.18 Å². The number of halogens is 9. The summed E-state index contributed by atoms with van der Waals surface area (Å²) in [7, 11) is -7.03. The van der Waals surface area contributed by atoms with Crippen LogP contribution >= 0.6 is 0 Å². The molecule has 37 heavy (non-hydrogen) atoms. The lowest BCUT2D eigenvalue weighted by molar-refractivity contribution is -0.382. The molecule has 0 aliphatic heterocycles. The fourth-order valence-electron chi connectivity index (χ4n) is 3.52. The third-order valence-corrected chi connectivity index (χ3v) is 6.83. The molecule has 0 amide bonds. The number of fused-ring (bicyclic) bond motifs is 2. The van der Waals surface area contributed by atoms with Crippen LogP contribution in [0.5, 0.6) is 5.75 Å². The third-order valence-electron chi connectivity index (χ3n) is 5.53. The molecule has 0 aromatic heterocycles. The summed E-state index contributed by atoms with van der Waals surface area (Å²) in [6.07, 6.45) is -7.17. The van der Waals surface area contributed by atoms with Gasteiger partial charge in [-0.2, -0.15) is 47.9 Å². The number of hydrogen-bond donors (Lipinski definition) is 0. The average Bonchev–Trinajstić information content (AvgIpc) is 2.82. The second-order valence-electron chi connectivity index (χ2n) is 7.99. The molecule has 0 atom stereocenters. The number of alkyl halides is 9. The Morgan fingerprint density at radius 1 is 0.541 bits per heavy atom. The Morgan fingerprint density at radius 2 is 1.03 bits per heavy atom. The van der Waals surface area contributed by atoms with Crippen molar-refractivity contribution in [3.63, 3.8) is 0 Å². The minimum absolute atomic E-state index is 0.175. The summed E-state index contributed by atoms with van der Waals surface area (Å²) in [4.78, 5) is 0. The fourth-order valence-corrected chi connectivity index (χ4v) is 4.43. The highest BCUT2D eigenvalue weighted by Gasteiger charge is 2.86. The molecule has 0 unspecified atom stereocenters. The summed E-state index contributed by atoms with van der Waals surface area (Å²) in [6.45, 7) is 0. The standard InChI is InChI=1S/C24H13F9O3S/c25-21(26,23(29,30)31)22(27,28)24(32,33)37(34,35)36-20-10-9-15-6-8-18(12-19(15)13-20)17-7-5-14-3-1-2-4-16(14)11-17/h1-13H. The van der Waals surface area contributed by atoms with Crippen LogP contribution in [0.2, 0.25) is 0 Å². The van der Waals surface area contributed by atoms with Gasteiger partial charge in [0.25, 0.3) is 0 Å². The molecule has 0 saturated carbocycles. The molecule has 0 spiro atoms. The maximum atomic E-state index is 14.0. The second kappa shape index (κ2) is 8.54. The van der Waals surface area contributed by atoms with Crippen molar-refractivity contribution in [2.24, 2.45) is 0 Å². The first kappa shape index (κ1) is 26.6. The van der Waals surface area contributed by atoms with Gasteiger partial charge < -0.3 is 4.18 Å². The van der Waals surface area contributed by atoms with Crippen LogP contribution in [0.1, 0.15) is 0 Å². The van der Waals surface area contributed by atoms with Gasteiger partial charge in [0.1, 0.15) is 5.75 Å². The lowest BCUT2D eigenvalue weighted by Gasteiger charge is -2.32. The predicted molar refractivity (Wildman–Crippen MR) is 117 cm³/mol. The number of rotatable bonds is 6. The Balaban J connectivity index is 1.70. The van der Waals surface area contributed by atoms with Crippen LogP contribution in [0.4, 0.5) is 39.5 Å². The highest BCUT2D eigenvalue weighted by Crippen LogP contribution is 2.55. The summed E-state index contributed by atoms with van der Waals surface area (Å²) in [6, 6.07) is 20.4. The van der Waals surface area contributed by atoms with Gasteiger partial charge >= 0.3 is 33.4 Å². The van der Waals surface area contributed by atoms with Crippen LogP contribution in [0.15, 0.2) is 78.9 Å². The smallest absolute Gasteiger partial charge is 0.378 e. The van der Waals surface area contributed by atoms with Crippen LogP contribution in [-0.4, -0.2) is 31.7 Å². The van der Waals surface area contributed by atoms with E-state index in [1.165, 1.54) is 6.07 Å². The molecule has 4 aromatic carbocycles. The first-order valence-corrected chi connectivity index (χ1v) is 11.6. The van der Waals surface area contributed by atoms with Gasteiger partial charge in [-0.25, -0.2) is 0 Å². The van der Waals surface area contributed by atoms with E-state index in [9.17, 15) is 47.9 Å². The fraction of sp³-hybridized carbons (Fsp3) is 0.167. The maximum absolute atomic E-state index is 14.0. The zero-order valence-corrected chi connectivity index (χ0v) is 18.9. The van der Waals surface area contributed by atoms with Crippen molar-refractivity contribution in [3.05, 3.63) is 78.9 Å². The van der Waals surface area contributed by atoms with Crippen LogP contribution < -0.4 is 4.18 Å². The SMILES string of the molecule is O=S(=O)(Oc1ccc2ccc(-c3ccc4ccccc4c3)cc2c1)C(F)(F)C(F)(F)C(F)(F)C(F)(F)F. The first-order chi connectivity index (χ1) is 17.0. The summed E-state index contributed by atoms with van der Waals surface area (Å²) >= 11 is 0. The van der Waals surface area contributed by atoms with Crippen molar-refractivity contribution in [3.8, 4) is 16.9 Å². The number of benzene rings is 4. The van der Waals surface area contributed by atoms with E-state index in [1.807, 2.05) is 36.4 Å². The molecule has 0 aliphatic rings. The molecule has 4 aromatic rings. The van der Waals surface area contributed by atoms with Crippen LogP contribution in [0.3, 0.4) is 0 Å². The Morgan fingerprint density at radius 3 is 1.59 bits per heavy atom. The topological polar surface area (TPSA) is 43.4 Å². The van der Waals surface area contributed by atoms with Gasteiger partial charge in [0.2, 0.25) is 0 Å². The Bertz CT molecular complexity index is 1600. The van der Waals surface area contributed by atoms with Crippen molar-refractivity contribution in [1.29, 1.82) is 0 Å². The monoisotopic (exact) mass is 552 g/mol. The molecule has 0 radical (unpaired) electrons. The van der Waals surface area contributed by atoms with Gasteiger partial charge in [-0.15, -0.1) is 0 Å². The summed E-state index contributed by atoms with van der Waals surface area (Å²) < 4.78 is 146. The molecule has 0 saturated heterocycles. The first-order valence-electron chi connectivity index (χ1n) is 10.2. The molecule has 13 heteroatoms. The lowest BCUT2D eigenvalue weighted by atomic mass is 9.98. The molecule has 3 nitrogen and oxygen atoms in total. The Kier molecular flexibility index (Phi) is 6.13. The second-order valence-corrected chi connectivity index (χ2v) is 9.57. The Hall–Kier alpha value is -3.48. The van der Waals surface area contributed by atoms with Crippen molar-refractivity contribution in [2.75, 3.05) is 0 Å². The summed E-state index contributed by atoms with van der Waals surface area (Å²) in [5, 5.41) is -4.51. The van der Waals surface area contributed by atoms with Crippen LogP contribution in [0, 0.1) is 0 Å². The molecule has 0 N–H and O–H groups in total. The van der Waals surface area contributed by atoms with E-state index >= 15 is 0 Å². The average molecular weight is 552 g/mol. The maximum Gasteiger partial charge on any atom is 0.460 e. The highest BCUT2D eigenvalue weighted by atomic mass is 32.2. The Labute approximate surface area is 203 Å². The largest absolute Gasteiger partial charge is 0.460 e. The molecule has 0 aliphatic carbocycles. The minimum Gasteiger partial charge on any atom is -0.378 e. The quantitative estimate of drug-likeness (QED) is 0.181. The van der Waals surface area contributed by atoms with Gasteiger partial charge in [0, 0.05) is 0 Å². The van der Waals surface area contributed by atoms with Gasteiger partial charge in [-0.3, -0.25) is 0 Å². The van der Waals surface area contributed by atoms with Crippen molar-refractivity contribution in [1.82, 2.24) is 0 Å².